The van der Waals surface area contributed by atoms with Crippen LogP contribution in [-0.2, 0) is 16.2 Å². The molecule has 3 amide bonds. The molecule has 40 heavy (non-hydrogen) atoms. The number of thioether (sulfide) groups is 1. The van der Waals surface area contributed by atoms with Crippen LogP contribution in [0.25, 0.3) is 16.8 Å². The average Bonchev–Trinajstić information content (AvgIpc) is 3.20. The van der Waals surface area contributed by atoms with E-state index < -0.39 is 35.2 Å². The Morgan fingerprint density at radius 3 is 2.58 bits per heavy atom. The van der Waals surface area contributed by atoms with E-state index >= 15 is 0 Å². The number of halogens is 2. The first-order chi connectivity index (χ1) is 19.3. The molecule has 202 valence electrons. The summed E-state index contributed by atoms with van der Waals surface area (Å²) in [6.45, 7) is -0.303. The number of hydrogen-bond donors (Lipinski definition) is 1. The van der Waals surface area contributed by atoms with E-state index in [1.165, 1.54) is 13.2 Å². The number of fused-ring (bicyclic) bond motifs is 1. The number of rotatable bonds is 8. The SMILES string of the molecule is COc1cc(/C=C2/SC(=O)N(CC(=O)Nc3ccc(F)cc3F)C2=O)ccc1OCc1cccc2ccccc12. The lowest BCUT2D eigenvalue weighted by Crippen LogP contribution is -2.36. The van der Waals surface area contributed by atoms with Gasteiger partial charge < -0.3 is 14.8 Å². The molecule has 4 aromatic carbocycles. The Labute approximate surface area is 232 Å². The molecule has 0 bridgehead atoms. The van der Waals surface area contributed by atoms with Gasteiger partial charge >= 0.3 is 0 Å². The Kier molecular flexibility index (Phi) is 7.79. The van der Waals surface area contributed by atoms with E-state index in [-0.39, 0.29) is 10.6 Å². The largest absolute Gasteiger partial charge is 0.493 e. The van der Waals surface area contributed by atoms with Crippen LogP contribution in [0.1, 0.15) is 11.1 Å². The van der Waals surface area contributed by atoms with Crippen LogP contribution < -0.4 is 14.8 Å². The summed E-state index contributed by atoms with van der Waals surface area (Å²) in [5, 5.41) is 3.80. The highest BCUT2D eigenvalue weighted by molar-refractivity contribution is 8.18. The normalized spacial score (nSPS) is 14.2. The fourth-order valence-electron chi connectivity index (χ4n) is 4.18. The van der Waals surface area contributed by atoms with E-state index in [4.69, 9.17) is 9.47 Å². The molecule has 5 rings (SSSR count). The highest BCUT2D eigenvalue weighted by Crippen LogP contribution is 2.35. The quantitative estimate of drug-likeness (QED) is 0.252. The Balaban J connectivity index is 1.27. The first-order valence-corrected chi connectivity index (χ1v) is 12.9. The van der Waals surface area contributed by atoms with Gasteiger partial charge in [-0.05, 0) is 64.0 Å². The third-order valence-electron chi connectivity index (χ3n) is 6.13. The number of amides is 3. The molecule has 4 aromatic rings. The Morgan fingerprint density at radius 2 is 1.77 bits per heavy atom. The lowest BCUT2D eigenvalue weighted by Gasteiger charge is -2.13. The summed E-state index contributed by atoms with van der Waals surface area (Å²) in [6.07, 6.45) is 1.51. The minimum absolute atomic E-state index is 0.109. The Hall–Kier alpha value is -4.70. The maximum absolute atomic E-state index is 13.8. The van der Waals surface area contributed by atoms with Gasteiger partial charge in [0.15, 0.2) is 11.5 Å². The standard InChI is InChI=1S/C30H22F2N2O5S/c1-38-26-13-18(9-12-25(26)39-17-20-7-4-6-19-5-2-3-8-22(19)20)14-27-29(36)34(30(37)40-27)16-28(35)33-24-11-10-21(31)15-23(24)32/h2-15H,16-17H2,1H3,(H,33,35)/b27-14+. The molecule has 0 atom stereocenters. The van der Waals surface area contributed by atoms with Crippen LogP contribution in [0.5, 0.6) is 11.5 Å². The van der Waals surface area contributed by atoms with Crippen molar-refractivity contribution in [3.63, 3.8) is 0 Å². The monoisotopic (exact) mass is 560 g/mol. The fourth-order valence-corrected chi connectivity index (χ4v) is 5.02. The van der Waals surface area contributed by atoms with Crippen molar-refractivity contribution in [2.45, 2.75) is 6.61 Å². The van der Waals surface area contributed by atoms with E-state index in [0.717, 1.165) is 33.4 Å². The second-order valence-electron chi connectivity index (χ2n) is 8.78. The lowest BCUT2D eigenvalue weighted by atomic mass is 10.1. The summed E-state index contributed by atoms with van der Waals surface area (Å²) in [4.78, 5) is 38.5. The zero-order chi connectivity index (χ0) is 28.2. The molecule has 0 saturated carbocycles. The van der Waals surface area contributed by atoms with E-state index in [2.05, 4.69) is 5.32 Å². The Morgan fingerprint density at radius 1 is 0.975 bits per heavy atom. The van der Waals surface area contributed by atoms with Gasteiger partial charge in [0.1, 0.15) is 24.8 Å². The summed E-state index contributed by atoms with van der Waals surface area (Å²) >= 11 is 0.679. The summed E-state index contributed by atoms with van der Waals surface area (Å²) in [5.74, 6) is -2.30. The molecule has 10 heteroatoms. The van der Waals surface area contributed by atoms with Crippen molar-refractivity contribution in [1.29, 1.82) is 0 Å². The smallest absolute Gasteiger partial charge is 0.294 e. The second-order valence-corrected chi connectivity index (χ2v) is 9.77. The molecule has 0 spiro atoms. The first kappa shape index (κ1) is 26.9. The number of anilines is 1. The van der Waals surface area contributed by atoms with Gasteiger partial charge in [0.25, 0.3) is 11.1 Å². The topological polar surface area (TPSA) is 84.9 Å². The molecule has 1 aliphatic heterocycles. The van der Waals surface area contributed by atoms with Gasteiger partial charge in [0.05, 0.1) is 17.7 Å². The molecule has 1 fully saturated rings. The van der Waals surface area contributed by atoms with Gasteiger partial charge in [-0.15, -0.1) is 0 Å². The number of hydrogen-bond acceptors (Lipinski definition) is 6. The molecule has 0 aliphatic carbocycles. The minimum Gasteiger partial charge on any atom is -0.493 e. The molecule has 1 aliphatic rings. The minimum atomic E-state index is -0.971. The number of nitrogens with zero attached hydrogens (tertiary/aromatic N) is 1. The highest BCUT2D eigenvalue weighted by Gasteiger charge is 2.36. The van der Waals surface area contributed by atoms with E-state index in [1.807, 2.05) is 42.5 Å². The molecule has 1 saturated heterocycles. The fraction of sp³-hybridized carbons (Fsp3) is 0.100. The number of methoxy groups -OCH3 is 1. The summed E-state index contributed by atoms with van der Waals surface area (Å²) in [7, 11) is 1.50. The van der Waals surface area contributed by atoms with Crippen LogP contribution in [0.4, 0.5) is 19.3 Å². The molecule has 7 nitrogen and oxygen atoms in total. The first-order valence-electron chi connectivity index (χ1n) is 12.1. The van der Waals surface area contributed by atoms with E-state index in [9.17, 15) is 23.2 Å². The van der Waals surface area contributed by atoms with E-state index in [1.54, 1.807) is 18.2 Å². The van der Waals surface area contributed by atoms with Gasteiger partial charge in [0, 0.05) is 6.07 Å². The van der Waals surface area contributed by atoms with Crippen molar-refractivity contribution in [2.75, 3.05) is 19.0 Å². The number of imide groups is 1. The third kappa shape index (κ3) is 5.81. The highest BCUT2D eigenvalue weighted by atomic mass is 32.2. The molecular weight excluding hydrogens is 538 g/mol. The van der Waals surface area contributed by atoms with Crippen LogP contribution in [0.15, 0.2) is 83.8 Å². The molecular formula is C30H22F2N2O5S. The summed E-state index contributed by atoms with van der Waals surface area (Å²) in [6, 6.07) is 21.8. The van der Waals surface area contributed by atoms with Gasteiger partial charge in [-0.2, -0.15) is 0 Å². The number of carbonyl (C=O) groups is 3. The molecule has 0 unspecified atom stereocenters. The maximum atomic E-state index is 13.8. The van der Waals surface area contributed by atoms with Crippen LogP contribution in [0.3, 0.4) is 0 Å². The number of nitrogens with one attached hydrogen (secondary N) is 1. The van der Waals surface area contributed by atoms with Crippen LogP contribution in [-0.4, -0.2) is 35.6 Å². The van der Waals surface area contributed by atoms with Crippen molar-refractivity contribution in [2.24, 2.45) is 0 Å². The van der Waals surface area contributed by atoms with Crippen molar-refractivity contribution in [3.8, 4) is 11.5 Å². The lowest BCUT2D eigenvalue weighted by molar-refractivity contribution is -0.127. The van der Waals surface area contributed by atoms with Gasteiger partial charge in [0.2, 0.25) is 5.91 Å². The second kappa shape index (κ2) is 11.6. The molecule has 0 radical (unpaired) electrons. The predicted molar refractivity (Wildman–Crippen MR) is 149 cm³/mol. The van der Waals surface area contributed by atoms with Crippen molar-refractivity contribution < 1.29 is 32.6 Å². The van der Waals surface area contributed by atoms with Gasteiger partial charge in [-0.3, -0.25) is 19.3 Å². The molecule has 0 aromatic heterocycles. The maximum Gasteiger partial charge on any atom is 0.294 e. The zero-order valence-electron chi connectivity index (χ0n) is 21.1. The van der Waals surface area contributed by atoms with Crippen molar-refractivity contribution in [3.05, 3.63) is 107 Å². The number of benzene rings is 4. The van der Waals surface area contributed by atoms with Gasteiger partial charge in [-0.25, -0.2) is 8.78 Å². The van der Waals surface area contributed by atoms with Crippen molar-refractivity contribution in [1.82, 2.24) is 4.90 Å². The van der Waals surface area contributed by atoms with Crippen LogP contribution in [0.2, 0.25) is 0 Å². The van der Waals surface area contributed by atoms with Crippen LogP contribution >= 0.6 is 11.8 Å². The Bertz CT molecular complexity index is 1670. The molecule has 1 heterocycles. The molecule has 1 N–H and O–H groups in total. The number of carbonyl (C=O) groups excluding carboxylic acids is 3. The third-order valence-corrected chi connectivity index (χ3v) is 7.04. The van der Waals surface area contributed by atoms with E-state index in [0.29, 0.717) is 41.5 Å². The van der Waals surface area contributed by atoms with Gasteiger partial charge in [-0.1, -0.05) is 48.5 Å². The van der Waals surface area contributed by atoms with Crippen molar-refractivity contribution >= 4 is 51.4 Å². The average molecular weight is 561 g/mol. The summed E-state index contributed by atoms with van der Waals surface area (Å²) in [5.41, 5.74) is 1.34. The zero-order valence-corrected chi connectivity index (χ0v) is 22.0. The predicted octanol–water partition coefficient (Wildman–Crippen LogP) is 6.38. The number of ether oxygens (including phenoxy) is 2. The summed E-state index contributed by atoms with van der Waals surface area (Å²) < 4.78 is 38.5. The van der Waals surface area contributed by atoms with Crippen LogP contribution in [0, 0.1) is 11.6 Å².